The summed E-state index contributed by atoms with van der Waals surface area (Å²) in [6.45, 7) is 2.06. The lowest BCUT2D eigenvalue weighted by atomic mass is 10.1. The number of nitrogens with one attached hydrogen (secondary N) is 1. The molecule has 3 nitrogen and oxygen atoms in total. The molecule has 0 saturated heterocycles. The third-order valence-electron chi connectivity index (χ3n) is 2.72. The molecule has 0 aliphatic rings. The summed E-state index contributed by atoms with van der Waals surface area (Å²) in [6, 6.07) is 10.2. The maximum atomic E-state index is 9.24. The molecule has 0 amide bonds. The number of rotatable bonds is 3. The third kappa shape index (κ3) is 1.94. The average molecular weight is 234 g/mol. The van der Waals surface area contributed by atoms with Crippen LogP contribution in [-0.2, 0) is 6.61 Å². The molecule has 0 unspecified atom stereocenters. The summed E-state index contributed by atoms with van der Waals surface area (Å²) < 4.78 is 2.57. The van der Waals surface area contributed by atoms with Crippen molar-refractivity contribution in [3.05, 3.63) is 52.6 Å². The predicted molar refractivity (Wildman–Crippen MR) is 65.8 cm³/mol. The first-order valence-corrected chi connectivity index (χ1v) is 5.59. The summed E-state index contributed by atoms with van der Waals surface area (Å²) in [7, 11) is 0. The van der Waals surface area contributed by atoms with Gasteiger partial charge in [0.05, 0.1) is 18.3 Å². The molecule has 2 N–H and O–H groups in total. The number of aliphatic hydroxyl groups excluding tert-OH is 1. The molecular formula is C12H14N2OS. The fourth-order valence-corrected chi connectivity index (χ4v) is 2.18. The molecule has 1 heterocycles. The Morgan fingerprint density at radius 1 is 1.38 bits per heavy atom. The summed E-state index contributed by atoms with van der Waals surface area (Å²) in [6.07, 6.45) is 1.75. The highest BCUT2D eigenvalue weighted by Gasteiger charge is 2.11. The van der Waals surface area contributed by atoms with Crippen molar-refractivity contribution in [2.24, 2.45) is 0 Å². The van der Waals surface area contributed by atoms with E-state index in [2.05, 4.69) is 24.0 Å². The second-order valence-corrected chi connectivity index (χ2v) is 4.09. The van der Waals surface area contributed by atoms with Gasteiger partial charge < -0.3 is 14.7 Å². The van der Waals surface area contributed by atoms with Crippen molar-refractivity contribution in [1.82, 2.24) is 9.55 Å². The van der Waals surface area contributed by atoms with E-state index in [1.165, 1.54) is 5.56 Å². The number of imidazole rings is 1. The van der Waals surface area contributed by atoms with Crippen LogP contribution in [0.3, 0.4) is 0 Å². The summed E-state index contributed by atoms with van der Waals surface area (Å²) >= 11 is 5.21. The van der Waals surface area contributed by atoms with Gasteiger partial charge in [-0.2, -0.15) is 0 Å². The van der Waals surface area contributed by atoms with E-state index in [-0.39, 0.29) is 12.6 Å². The monoisotopic (exact) mass is 234 g/mol. The van der Waals surface area contributed by atoms with Crippen molar-refractivity contribution in [3.63, 3.8) is 0 Å². The molecule has 2 rings (SSSR count). The number of aromatic nitrogens is 2. The molecular weight excluding hydrogens is 220 g/mol. The fourth-order valence-electron chi connectivity index (χ4n) is 1.84. The second-order valence-electron chi connectivity index (χ2n) is 3.70. The number of H-pyrrole nitrogens is 1. The Morgan fingerprint density at radius 3 is 2.69 bits per heavy atom. The van der Waals surface area contributed by atoms with Gasteiger partial charge in [0, 0.05) is 6.20 Å². The van der Waals surface area contributed by atoms with Gasteiger partial charge >= 0.3 is 0 Å². The number of aliphatic hydroxyl groups is 1. The highest BCUT2D eigenvalue weighted by Crippen LogP contribution is 2.20. The normalized spacial score (nSPS) is 12.6. The molecule has 0 bridgehead atoms. The van der Waals surface area contributed by atoms with E-state index in [1.54, 1.807) is 6.20 Å². The first-order valence-electron chi connectivity index (χ1n) is 5.18. The molecule has 0 saturated carbocycles. The molecule has 0 aliphatic carbocycles. The highest BCUT2D eigenvalue weighted by atomic mass is 32.1. The van der Waals surface area contributed by atoms with Gasteiger partial charge in [-0.3, -0.25) is 0 Å². The minimum atomic E-state index is -0.00961. The van der Waals surface area contributed by atoms with E-state index >= 15 is 0 Å². The Balaban J connectivity index is 2.45. The van der Waals surface area contributed by atoms with Gasteiger partial charge in [-0.1, -0.05) is 30.3 Å². The first kappa shape index (κ1) is 11.1. The van der Waals surface area contributed by atoms with Crippen LogP contribution < -0.4 is 0 Å². The highest BCUT2D eigenvalue weighted by molar-refractivity contribution is 7.71. The lowest BCUT2D eigenvalue weighted by molar-refractivity contribution is 0.269. The van der Waals surface area contributed by atoms with Crippen molar-refractivity contribution < 1.29 is 5.11 Å². The molecule has 0 aliphatic heterocycles. The molecule has 0 fully saturated rings. The van der Waals surface area contributed by atoms with E-state index in [9.17, 15) is 5.11 Å². The minimum Gasteiger partial charge on any atom is -0.390 e. The van der Waals surface area contributed by atoms with Gasteiger partial charge in [-0.05, 0) is 24.7 Å². The van der Waals surface area contributed by atoms with Crippen LogP contribution in [0, 0.1) is 4.77 Å². The molecule has 4 heteroatoms. The van der Waals surface area contributed by atoms with E-state index in [0.717, 1.165) is 5.69 Å². The lowest BCUT2D eigenvalue weighted by Crippen LogP contribution is -2.10. The van der Waals surface area contributed by atoms with Gasteiger partial charge in [0.1, 0.15) is 0 Å². The Labute approximate surface area is 99.4 Å². The van der Waals surface area contributed by atoms with E-state index in [4.69, 9.17) is 12.2 Å². The zero-order chi connectivity index (χ0) is 11.5. The van der Waals surface area contributed by atoms with Crippen LogP contribution in [0.1, 0.15) is 24.2 Å². The lowest BCUT2D eigenvalue weighted by Gasteiger charge is -2.16. The second kappa shape index (κ2) is 4.63. The molecule has 0 radical (unpaired) electrons. The van der Waals surface area contributed by atoms with Crippen molar-refractivity contribution in [1.29, 1.82) is 0 Å². The summed E-state index contributed by atoms with van der Waals surface area (Å²) in [5.41, 5.74) is 1.98. The third-order valence-corrected chi connectivity index (χ3v) is 3.04. The molecule has 1 atom stereocenters. The van der Waals surface area contributed by atoms with Gasteiger partial charge in [-0.25, -0.2) is 0 Å². The van der Waals surface area contributed by atoms with Crippen LogP contribution in [0.2, 0.25) is 0 Å². The van der Waals surface area contributed by atoms with Crippen molar-refractivity contribution >= 4 is 12.2 Å². The van der Waals surface area contributed by atoms with Gasteiger partial charge in [0.25, 0.3) is 0 Å². The molecule has 1 aromatic carbocycles. The van der Waals surface area contributed by atoms with Crippen molar-refractivity contribution in [2.45, 2.75) is 19.6 Å². The van der Waals surface area contributed by atoms with Gasteiger partial charge in [-0.15, -0.1) is 0 Å². The summed E-state index contributed by atoms with van der Waals surface area (Å²) in [4.78, 5) is 2.96. The number of nitrogens with zero attached hydrogens (tertiary/aromatic N) is 1. The van der Waals surface area contributed by atoms with E-state index in [0.29, 0.717) is 4.77 Å². The van der Waals surface area contributed by atoms with Gasteiger partial charge in [0.2, 0.25) is 0 Å². The molecule has 16 heavy (non-hydrogen) atoms. The number of aromatic amines is 1. The van der Waals surface area contributed by atoms with E-state index in [1.807, 2.05) is 22.8 Å². The fraction of sp³-hybridized carbons (Fsp3) is 0.250. The number of benzene rings is 1. The largest absolute Gasteiger partial charge is 0.390 e. The maximum absolute atomic E-state index is 9.24. The SMILES string of the molecule is C[C@H](c1ccccc1)n1c(CO)c[nH]c1=S. The van der Waals surface area contributed by atoms with Gasteiger partial charge in [0.15, 0.2) is 4.77 Å². The van der Waals surface area contributed by atoms with Crippen molar-refractivity contribution in [2.75, 3.05) is 0 Å². The predicted octanol–water partition coefficient (Wildman–Crippen LogP) is 2.65. The molecule has 84 valence electrons. The standard InChI is InChI=1S/C12H14N2OS/c1-9(10-5-3-2-4-6-10)14-11(8-15)7-13-12(14)16/h2-7,9,15H,8H2,1H3,(H,13,16)/t9-/m1/s1. The van der Waals surface area contributed by atoms with Crippen LogP contribution in [-0.4, -0.2) is 14.7 Å². The molecule has 2 aromatic rings. The topological polar surface area (TPSA) is 41.0 Å². The Hall–Kier alpha value is -1.39. The molecule has 1 aromatic heterocycles. The minimum absolute atomic E-state index is 0.00961. The Morgan fingerprint density at radius 2 is 2.06 bits per heavy atom. The smallest absolute Gasteiger partial charge is 0.177 e. The van der Waals surface area contributed by atoms with Crippen molar-refractivity contribution in [3.8, 4) is 0 Å². The van der Waals surface area contributed by atoms with Crippen LogP contribution in [0.25, 0.3) is 0 Å². The Kier molecular flexibility index (Phi) is 3.22. The van der Waals surface area contributed by atoms with Crippen LogP contribution in [0.4, 0.5) is 0 Å². The van der Waals surface area contributed by atoms with Crippen LogP contribution in [0.5, 0.6) is 0 Å². The maximum Gasteiger partial charge on any atom is 0.177 e. The van der Waals surface area contributed by atoms with Crippen LogP contribution >= 0.6 is 12.2 Å². The Bertz CT molecular complexity index is 515. The summed E-state index contributed by atoms with van der Waals surface area (Å²) in [5.74, 6) is 0. The van der Waals surface area contributed by atoms with E-state index < -0.39 is 0 Å². The van der Waals surface area contributed by atoms with Crippen LogP contribution in [0.15, 0.2) is 36.5 Å². The zero-order valence-electron chi connectivity index (χ0n) is 9.05. The number of hydrogen-bond acceptors (Lipinski definition) is 2. The molecule has 0 spiro atoms. The summed E-state index contributed by atoms with van der Waals surface area (Å²) in [5, 5.41) is 9.24. The average Bonchev–Trinajstić information content (AvgIpc) is 2.70. The first-order chi connectivity index (χ1) is 7.74. The quantitative estimate of drug-likeness (QED) is 0.802. The number of hydrogen-bond donors (Lipinski definition) is 2. The zero-order valence-corrected chi connectivity index (χ0v) is 9.87.